The Balaban J connectivity index is 1.89. The molecule has 150 valence electrons. The summed E-state index contributed by atoms with van der Waals surface area (Å²) in [4.78, 5) is 30.1. The number of halogens is 2. The van der Waals surface area contributed by atoms with Crippen molar-refractivity contribution in [3.05, 3.63) is 80.4 Å². The van der Waals surface area contributed by atoms with E-state index in [2.05, 4.69) is 0 Å². The standard InChI is InChI=1S/C22H20ClFN2O3/c1-25(2)9-4-10-26-19(13-5-3-6-15(24)11-13)18-20(27)16-12-14(23)7-8-17(16)29-21(18)22(26)28/h3,5-8,11-12,19H,4,9-10H2,1-2H3/t19-/m1/s1. The first kappa shape index (κ1) is 19.6. The zero-order valence-electron chi connectivity index (χ0n) is 16.1. The second-order valence-corrected chi connectivity index (χ2v) is 7.86. The van der Waals surface area contributed by atoms with Crippen molar-refractivity contribution in [3.63, 3.8) is 0 Å². The molecule has 1 amide bonds. The van der Waals surface area contributed by atoms with Crippen LogP contribution >= 0.6 is 11.6 Å². The fourth-order valence-corrected chi connectivity index (χ4v) is 3.98. The van der Waals surface area contributed by atoms with E-state index in [4.69, 9.17) is 16.0 Å². The molecule has 0 bridgehead atoms. The van der Waals surface area contributed by atoms with Gasteiger partial charge in [0.25, 0.3) is 5.91 Å². The van der Waals surface area contributed by atoms with Crippen molar-refractivity contribution in [2.24, 2.45) is 0 Å². The van der Waals surface area contributed by atoms with Crippen molar-refractivity contribution in [2.75, 3.05) is 27.2 Å². The molecule has 0 radical (unpaired) electrons. The van der Waals surface area contributed by atoms with Gasteiger partial charge < -0.3 is 14.2 Å². The van der Waals surface area contributed by atoms with E-state index in [9.17, 15) is 14.0 Å². The third kappa shape index (κ3) is 3.54. The lowest BCUT2D eigenvalue weighted by Gasteiger charge is -2.25. The van der Waals surface area contributed by atoms with Crippen LogP contribution in [0.25, 0.3) is 11.0 Å². The molecule has 1 aliphatic heterocycles. The highest BCUT2D eigenvalue weighted by Gasteiger charge is 2.42. The van der Waals surface area contributed by atoms with Crippen LogP contribution in [-0.4, -0.2) is 42.9 Å². The summed E-state index contributed by atoms with van der Waals surface area (Å²) in [5, 5.41) is 0.708. The summed E-state index contributed by atoms with van der Waals surface area (Å²) in [6.45, 7) is 1.19. The van der Waals surface area contributed by atoms with Gasteiger partial charge in [-0.05, 0) is 63.0 Å². The molecule has 7 heteroatoms. The van der Waals surface area contributed by atoms with E-state index in [1.54, 1.807) is 29.2 Å². The monoisotopic (exact) mass is 414 g/mol. The maximum Gasteiger partial charge on any atom is 0.290 e. The Morgan fingerprint density at radius 3 is 2.69 bits per heavy atom. The largest absolute Gasteiger partial charge is 0.450 e. The molecule has 0 N–H and O–H groups in total. The molecule has 1 aliphatic rings. The smallest absolute Gasteiger partial charge is 0.290 e. The number of amides is 1. The van der Waals surface area contributed by atoms with Gasteiger partial charge in [-0.3, -0.25) is 9.59 Å². The molecule has 0 saturated heterocycles. The molecule has 2 heterocycles. The van der Waals surface area contributed by atoms with Gasteiger partial charge in [-0.15, -0.1) is 0 Å². The number of hydrogen-bond donors (Lipinski definition) is 0. The van der Waals surface area contributed by atoms with Crippen LogP contribution in [0.4, 0.5) is 4.39 Å². The maximum absolute atomic E-state index is 14.0. The van der Waals surface area contributed by atoms with Crippen LogP contribution in [0.3, 0.4) is 0 Å². The summed E-state index contributed by atoms with van der Waals surface area (Å²) in [6, 6.07) is 10.0. The Labute approximate surface area is 172 Å². The first-order valence-corrected chi connectivity index (χ1v) is 9.72. The van der Waals surface area contributed by atoms with Crippen LogP contribution in [0.1, 0.15) is 34.1 Å². The second kappa shape index (κ2) is 7.61. The lowest BCUT2D eigenvalue weighted by atomic mass is 9.98. The van der Waals surface area contributed by atoms with E-state index in [-0.39, 0.29) is 22.7 Å². The Bertz CT molecular complexity index is 1160. The Morgan fingerprint density at radius 2 is 1.97 bits per heavy atom. The van der Waals surface area contributed by atoms with E-state index < -0.39 is 11.9 Å². The second-order valence-electron chi connectivity index (χ2n) is 7.43. The molecule has 0 spiro atoms. The number of fused-ring (bicyclic) bond motifs is 2. The lowest BCUT2D eigenvalue weighted by Crippen LogP contribution is -2.32. The molecule has 2 aromatic carbocycles. The van der Waals surface area contributed by atoms with Crippen LogP contribution in [0.2, 0.25) is 5.02 Å². The molecule has 0 saturated carbocycles. The Morgan fingerprint density at radius 1 is 1.17 bits per heavy atom. The number of hydrogen-bond acceptors (Lipinski definition) is 4. The van der Waals surface area contributed by atoms with E-state index in [1.165, 1.54) is 18.2 Å². The molecular formula is C22H20ClFN2O3. The van der Waals surface area contributed by atoms with Crippen LogP contribution in [0.15, 0.2) is 51.7 Å². The summed E-state index contributed by atoms with van der Waals surface area (Å²) in [5.74, 6) is -0.768. The van der Waals surface area contributed by atoms with Gasteiger partial charge in [-0.25, -0.2) is 4.39 Å². The van der Waals surface area contributed by atoms with Crippen molar-refractivity contribution in [1.82, 2.24) is 9.80 Å². The van der Waals surface area contributed by atoms with Gasteiger partial charge in [0, 0.05) is 11.6 Å². The van der Waals surface area contributed by atoms with Crippen molar-refractivity contribution in [2.45, 2.75) is 12.5 Å². The minimum absolute atomic E-state index is 0.0175. The summed E-state index contributed by atoms with van der Waals surface area (Å²) in [6.07, 6.45) is 0.706. The van der Waals surface area contributed by atoms with Crippen LogP contribution in [0, 0.1) is 5.82 Å². The summed E-state index contributed by atoms with van der Waals surface area (Å²) < 4.78 is 19.8. The van der Waals surface area contributed by atoms with Crippen molar-refractivity contribution < 1.29 is 13.6 Å². The van der Waals surface area contributed by atoms with Gasteiger partial charge in [-0.2, -0.15) is 0 Å². The number of nitrogens with zero attached hydrogens (tertiary/aromatic N) is 2. The van der Waals surface area contributed by atoms with E-state index >= 15 is 0 Å². The van der Waals surface area contributed by atoms with Crippen molar-refractivity contribution in [1.29, 1.82) is 0 Å². The predicted molar refractivity (Wildman–Crippen MR) is 110 cm³/mol. The summed E-state index contributed by atoms with van der Waals surface area (Å²) >= 11 is 6.06. The number of benzene rings is 2. The van der Waals surface area contributed by atoms with Crippen molar-refractivity contribution >= 4 is 28.5 Å². The normalized spacial score (nSPS) is 16.1. The van der Waals surface area contributed by atoms with Gasteiger partial charge in [0.1, 0.15) is 11.4 Å². The average Bonchev–Trinajstić information content (AvgIpc) is 2.95. The first-order valence-electron chi connectivity index (χ1n) is 9.34. The van der Waals surface area contributed by atoms with Gasteiger partial charge in [0.05, 0.1) is 17.0 Å². The summed E-state index contributed by atoms with van der Waals surface area (Å²) in [5.41, 5.74) is 0.761. The molecule has 1 aromatic heterocycles. The Hall–Kier alpha value is -2.70. The SMILES string of the molecule is CN(C)CCCN1C(=O)c2oc3ccc(Cl)cc3c(=O)c2[C@H]1c1cccc(F)c1. The zero-order valence-corrected chi connectivity index (χ0v) is 16.9. The molecule has 1 atom stereocenters. The van der Waals surface area contributed by atoms with Gasteiger partial charge >= 0.3 is 0 Å². The molecule has 0 aliphatic carbocycles. The molecular weight excluding hydrogens is 395 g/mol. The predicted octanol–water partition coefficient (Wildman–Crippen LogP) is 4.08. The highest BCUT2D eigenvalue weighted by molar-refractivity contribution is 6.31. The van der Waals surface area contributed by atoms with Crippen LogP contribution < -0.4 is 5.43 Å². The molecule has 29 heavy (non-hydrogen) atoms. The molecule has 3 aromatic rings. The quantitative estimate of drug-likeness (QED) is 0.631. The molecule has 0 fully saturated rings. The third-order valence-corrected chi connectivity index (χ3v) is 5.33. The molecule has 0 unspecified atom stereocenters. The highest BCUT2D eigenvalue weighted by atomic mass is 35.5. The van der Waals surface area contributed by atoms with E-state index in [1.807, 2.05) is 19.0 Å². The minimum Gasteiger partial charge on any atom is -0.450 e. The van der Waals surface area contributed by atoms with Gasteiger partial charge in [0.15, 0.2) is 5.43 Å². The third-order valence-electron chi connectivity index (χ3n) is 5.10. The molecule has 4 rings (SSSR count). The molecule has 5 nitrogen and oxygen atoms in total. The fraction of sp³-hybridized carbons (Fsp3) is 0.273. The number of carbonyl (C=O) groups is 1. The van der Waals surface area contributed by atoms with Gasteiger partial charge in [0.2, 0.25) is 5.76 Å². The maximum atomic E-state index is 14.0. The zero-order chi connectivity index (χ0) is 20.7. The van der Waals surface area contributed by atoms with Crippen molar-refractivity contribution in [3.8, 4) is 0 Å². The minimum atomic E-state index is -0.699. The van der Waals surface area contributed by atoms with E-state index in [0.717, 1.165) is 6.54 Å². The van der Waals surface area contributed by atoms with E-state index in [0.29, 0.717) is 34.5 Å². The van der Waals surface area contributed by atoms with Crippen LogP contribution in [-0.2, 0) is 0 Å². The first-order chi connectivity index (χ1) is 13.9. The fourth-order valence-electron chi connectivity index (χ4n) is 3.80. The van der Waals surface area contributed by atoms with Gasteiger partial charge in [-0.1, -0.05) is 23.7 Å². The van der Waals surface area contributed by atoms with Crippen LogP contribution in [0.5, 0.6) is 0 Å². The summed E-state index contributed by atoms with van der Waals surface area (Å²) in [7, 11) is 3.90. The highest BCUT2D eigenvalue weighted by Crippen LogP contribution is 2.38. The Kier molecular flexibility index (Phi) is 5.15. The lowest BCUT2D eigenvalue weighted by molar-refractivity contribution is 0.0722. The number of carbonyl (C=O) groups excluding carboxylic acids is 1. The number of rotatable bonds is 5. The topological polar surface area (TPSA) is 53.8 Å². The average molecular weight is 415 g/mol.